The van der Waals surface area contributed by atoms with Crippen LogP contribution in [0.3, 0.4) is 0 Å². The number of aliphatic carboxylic acids is 1. The van der Waals surface area contributed by atoms with E-state index < -0.39 is 22.6 Å². The normalized spacial score (nSPS) is 21.5. The van der Waals surface area contributed by atoms with Gasteiger partial charge in [0.2, 0.25) is 0 Å². The fourth-order valence-electron chi connectivity index (χ4n) is 4.87. The number of benzene rings is 1. The fraction of sp³-hybridized carbons (Fsp3) is 0.657. The van der Waals surface area contributed by atoms with Crippen LogP contribution >= 0.6 is 0 Å². The van der Waals surface area contributed by atoms with Crippen molar-refractivity contribution in [2.24, 2.45) is 11.8 Å². The molecule has 1 saturated carbocycles. The van der Waals surface area contributed by atoms with Gasteiger partial charge < -0.3 is 14.0 Å². The highest BCUT2D eigenvalue weighted by atomic mass is 28.4. The van der Waals surface area contributed by atoms with Gasteiger partial charge in [-0.1, -0.05) is 96.2 Å². The second kappa shape index (κ2) is 15.3. The van der Waals surface area contributed by atoms with E-state index in [1.807, 2.05) is 12.1 Å². The van der Waals surface area contributed by atoms with Crippen LogP contribution in [0.15, 0.2) is 54.6 Å². The van der Waals surface area contributed by atoms with Gasteiger partial charge in [-0.25, -0.2) is 0 Å². The van der Waals surface area contributed by atoms with Crippen molar-refractivity contribution in [2.75, 3.05) is 0 Å². The van der Waals surface area contributed by atoms with Gasteiger partial charge in [0, 0.05) is 24.7 Å². The second-order valence-electron chi connectivity index (χ2n) is 15.1. The van der Waals surface area contributed by atoms with Crippen molar-refractivity contribution in [1.82, 2.24) is 0 Å². The number of carboxylic acid groups (broad SMARTS) is 1. The number of rotatable bonds is 15. The zero-order chi connectivity index (χ0) is 31.8. The van der Waals surface area contributed by atoms with Crippen molar-refractivity contribution in [2.45, 2.75) is 135 Å². The van der Waals surface area contributed by atoms with Crippen molar-refractivity contribution in [3.05, 3.63) is 60.2 Å². The summed E-state index contributed by atoms with van der Waals surface area (Å²) in [5.41, 5.74) is 1.30. The lowest BCUT2D eigenvalue weighted by molar-refractivity contribution is -0.137. The highest BCUT2D eigenvalue weighted by Gasteiger charge is 2.47. The minimum absolute atomic E-state index is 0.0162. The molecule has 1 aromatic carbocycles. The standard InChI is InChI=1S/C35H58O5Si2/c1-34(2,3)41(7,8)39-28(23-22-27-18-14-13-15-19-27)24-25-30-29(20-16-11-12-17-21-33(37)38)31(36)26-32(30)40-42(9,10)35(4,5)6/h11,13-16,18-19,24-25,28-30,32H,12,17,20-23,26H2,1-10H3,(H,37,38)/b16-11-,25-24+/t28-,29+,30+,32+/m0/s1. The van der Waals surface area contributed by atoms with Crippen LogP contribution < -0.4 is 0 Å². The van der Waals surface area contributed by atoms with Crippen LogP contribution in [0.1, 0.15) is 85.6 Å². The Labute approximate surface area is 258 Å². The molecule has 0 spiro atoms. The first-order valence-electron chi connectivity index (χ1n) is 15.8. The van der Waals surface area contributed by atoms with Gasteiger partial charge in [0.25, 0.3) is 0 Å². The topological polar surface area (TPSA) is 72.8 Å². The molecular weight excluding hydrogens is 557 g/mol. The minimum atomic E-state index is -2.09. The Morgan fingerprint density at radius 2 is 1.62 bits per heavy atom. The first-order chi connectivity index (χ1) is 19.3. The minimum Gasteiger partial charge on any atom is -0.481 e. The maximum absolute atomic E-state index is 13.4. The molecule has 0 radical (unpaired) electrons. The Kier molecular flexibility index (Phi) is 13.2. The Morgan fingerprint density at radius 3 is 2.19 bits per heavy atom. The average molecular weight is 615 g/mol. The number of hydrogen-bond acceptors (Lipinski definition) is 4. The summed E-state index contributed by atoms with van der Waals surface area (Å²) < 4.78 is 13.9. The molecule has 236 valence electrons. The zero-order valence-electron chi connectivity index (χ0n) is 28.0. The van der Waals surface area contributed by atoms with E-state index in [0.29, 0.717) is 25.7 Å². The van der Waals surface area contributed by atoms with Gasteiger partial charge >= 0.3 is 5.97 Å². The molecule has 7 heteroatoms. The molecule has 1 aromatic rings. The highest BCUT2D eigenvalue weighted by molar-refractivity contribution is 6.74. The van der Waals surface area contributed by atoms with E-state index in [-0.39, 0.29) is 46.3 Å². The van der Waals surface area contributed by atoms with Crippen LogP contribution in [0, 0.1) is 11.8 Å². The molecule has 0 unspecified atom stereocenters. The largest absolute Gasteiger partial charge is 0.481 e. The van der Waals surface area contributed by atoms with Crippen LogP contribution in [0.2, 0.25) is 36.3 Å². The monoisotopic (exact) mass is 614 g/mol. The van der Waals surface area contributed by atoms with Gasteiger partial charge in [-0.05, 0) is 73.9 Å². The van der Waals surface area contributed by atoms with Crippen molar-refractivity contribution in [1.29, 1.82) is 0 Å². The molecule has 1 aliphatic rings. The molecule has 5 nitrogen and oxygen atoms in total. The predicted octanol–water partition coefficient (Wildman–Crippen LogP) is 9.36. The Morgan fingerprint density at radius 1 is 1.00 bits per heavy atom. The fourth-order valence-corrected chi connectivity index (χ4v) is 7.53. The van der Waals surface area contributed by atoms with E-state index in [1.54, 1.807) is 0 Å². The summed E-state index contributed by atoms with van der Waals surface area (Å²) in [6, 6.07) is 10.6. The van der Waals surface area contributed by atoms with E-state index in [2.05, 4.69) is 110 Å². The lowest BCUT2D eigenvalue weighted by Gasteiger charge is -2.40. The van der Waals surface area contributed by atoms with E-state index >= 15 is 0 Å². The summed E-state index contributed by atoms with van der Waals surface area (Å²) >= 11 is 0. The molecule has 0 bridgehead atoms. The number of allylic oxidation sites excluding steroid dienone is 2. The third kappa shape index (κ3) is 11.0. The van der Waals surface area contributed by atoms with Crippen LogP contribution in [0.25, 0.3) is 0 Å². The van der Waals surface area contributed by atoms with E-state index in [4.69, 9.17) is 14.0 Å². The molecular formula is C35H58O5Si2. The van der Waals surface area contributed by atoms with Gasteiger partial charge in [0.1, 0.15) is 5.78 Å². The number of carboxylic acids is 1. The molecule has 1 N–H and O–H groups in total. The Balaban J connectivity index is 2.34. The molecule has 0 amide bonds. The van der Waals surface area contributed by atoms with Crippen LogP contribution in [-0.2, 0) is 24.9 Å². The predicted molar refractivity (Wildman–Crippen MR) is 180 cm³/mol. The lowest BCUT2D eigenvalue weighted by Crippen LogP contribution is -2.45. The number of Topliss-reactive ketones (excluding diaryl/α,β-unsaturated/α-hetero) is 1. The van der Waals surface area contributed by atoms with Gasteiger partial charge in [-0.3, -0.25) is 9.59 Å². The maximum atomic E-state index is 13.4. The van der Waals surface area contributed by atoms with Crippen LogP contribution in [0.5, 0.6) is 0 Å². The number of carbonyl (C=O) groups excluding carboxylic acids is 1. The molecule has 0 aromatic heterocycles. The first kappa shape index (κ1) is 36.4. The first-order valence-corrected chi connectivity index (χ1v) is 21.6. The quantitative estimate of drug-likeness (QED) is 0.121. The second-order valence-corrected chi connectivity index (χ2v) is 24.6. The summed E-state index contributed by atoms with van der Waals surface area (Å²) in [5, 5.41) is 9.06. The summed E-state index contributed by atoms with van der Waals surface area (Å²) in [4.78, 5) is 24.3. The maximum Gasteiger partial charge on any atom is 0.303 e. The van der Waals surface area contributed by atoms with Crippen molar-refractivity contribution in [3.8, 4) is 0 Å². The van der Waals surface area contributed by atoms with Gasteiger partial charge in [-0.2, -0.15) is 0 Å². The summed E-state index contributed by atoms with van der Waals surface area (Å²) in [6.07, 6.45) is 12.8. The third-order valence-corrected chi connectivity index (χ3v) is 18.6. The number of carbonyl (C=O) groups is 2. The smallest absolute Gasteiger partial charge is 0.303 e. The Hall–Kier alpha value is -1.81. The number of hydrogen-bond donors (Lipinski definition) is 1. The summed E-state index contributed by atoms with van der Waals surface area (Å²) in [7, 11) is -4.12. The summed E-state index contributed by atoms with van der Waals surface area (Å²) in [6.45, 7) is 22.7. The van der Waals surface area contributed by atoms with Crippen molar-refractivity contribution >= 4 is 28.4 Å². The molecule has 1 fully saturated rings. The summed E-state index contributed by atoms with van der Waals surface area (Å²) in [5.74, 6) is -0.673. The third-order valence-electron chi connectivity index (χ3n) is 9.64. The van der Waals surface area contributed by atoms with Gasteiger partial charge in [-0.15, -0.1) is 0 Å². The highest BCUT2D eigenvalue weighted by Crippen LogP contribution is 2.43. The van der Waals surface area contributed by atoms with E-state index in [0.717, 1.165) is 12.8 Å². The number of aryl methyl sites for hydroxylation is 1. The molecule has 42 heavy (non-hydrogen) atoms. The SMILES string of the molecule is CC(C)(C)[Si](C)(C)O[C@H](/C=C/[C@H]1[C@H](O[Si](C)(C)C(C)(C)C)CC(=O)[C@@H]1C/C=C\CCCC(=O)O)CCc1ccccc1. The molecule has 1 aliphatic carbocycles. The molecule has 0 aliphatic heterocycles. The van der Waals surface area contributed by atoms with Gasteiger partial charge in [0.05, 0.1) is 12.2 Å². The number of ketones is 1. The van der Waals surface area contributed by atoms with Gasteiger partial charge in [0.15, 0.2) is 16.6 Å². The van der Waals surface area contributed by atoms with Crippen molar-refractivity contribution < 1.29 is 23.5 Å². The van der Waals surface area contributed by atoms with E-state index in [1.165, 1.54) is 5.56 Å². The molecule has 0 heterocycles. The Bertz CT molecular complexity index is 1060. The van der Waals surface area contributed by atoms with Crippen LogP contribution in [0.4, 0.5) is 0 Å². The molecule has 2 rings (SSSR count). The molecule has 4 atom stereocenters. The van der Waals surface area contributed by atoms with Crippen LogP contribution in [-0.4, -0.2) is 45.7 Å². The van der Waals surface area contributed by atoms with E-state index in [9.17, 15) is 9.59 Å². The zero-order valence-corrected chi connectivity index (χ0v) is 30.0. The molecule has 0 saturated heterocycles. The lowest BCUT2D eigenvalue weighted by atomic mass is 9.90. The van der Waals surface area contributed by atoms with Crippen molar-refractivity contribution in [3.63, 3.8) is 0 Å². The average Bonchev–Trinajstić information content (AvgIpc) is 3.14. The number of unbranched alkanes of at least 4 members (excludes halogenated alkanes) is 1.